The first-order chi connectivity index (χ1) is 14.6. The van der Waals surface area contributed by atoms with E-state index in [1.165, 1.54) is 13.2 Å². The monoisotopic (exact) mass is 423 g/mol. The van der Waals surface area contributed by atoms with Gasteiger partial charge >= 0.3 is 0 Å². The number of aromatic nitrogens is 1. The number of aromatic amines is 1. The standard InChI is InChI=1S/C23H22ClN3O3/c1-3-30-21-12-15(11-19(24)22(21)29-2)10-17(13-25)23(28)26-9-8-16-14-27-20-7-5-4-6-18(16)20/h4-7,10-12,14,27H,3,8-9H2,1-2H3,(H,26,28)/b17-10-. The predicted molar refractivity (Wildman–Crippen MR) is 118 cm³/mol. The molecular formula is C23H22ClN3O3. The number of nitrogens with one attached hydrogen (secondary N) is 2. The Bertz CT molecular complexity index is 1130. The quantitative estimate of drug-likeness (QED) is 0.412. The maximum atomic E-state index is 12.5. The highest BCUT2D eigenvalue weighted by Gasteiger charge is 2.14. The van der Waals surface area contributed by atoms with Crippen molar-refractivity contribution in [3.05, 3.63) is 64.3 Å². The fourth-order valence-electron chi connectivity index (χ4n) is 3.19. The number of nitriles is 1. The zero-order valence-electron chi connectivity index (χ0n) is 16.8. The second-order valence-corrected chi connectivity index (χ2v) is 6.91. The van der Waals surface area contributed by atoms with E-state index in [0.717, 1.165) is 16.5 Å². The van der Waals surface area contributed by atoms with Gasteiger partial charge in [-0.25, -0.2) is 0 Å². The molecule has 0 bridgehead atoms. The number of carbonyl (C=O) groups excluding carboxylic acids is 1. The topological polar surface area (TPSA) is 87.1 Å². The maximum Gasteiger partial charge on any atom is 0.261 e. The lowest BCUT2D eigenvalue weighted by atomic mass is 10.1. The molecule has 0 spiro atoms. The molecule has 0 saturated heterocycles. The summed E-state index contributed by atoms with van der Waals surface area (Å²) in [4.78, 5) is 15.7. The highest BCUT2D eigenvalue weighted by molar-refractivity contribution is 6.32. The van der Waals surface area contributed by atoms with Crippen molar-refractivity contribution < 1.29 is 14.3 Å². The number of amides is 1. The Hall–Kier alpha value is -3.43. The number of halogens is 1. The summed E-state index contributed by atoms with van der Waals surface area (Å²) in [5, 5.41) is 13.7. The van der Waals surface area contributed by atoms with Crippen LogP contribution in [0.1, 0.15) is 18.1 Å². The van der Waals surface area contributed by atoms with Gasteiger partial charge in [-0.05, 0) is 48.7 Å². The van der Waals surface area contributed by atoms with Crippen molar-refractivity contribution in [3.63, 3.8) is 0 Å². The molecular weight excluding hydrogens is 402 g/mol. The zero-order chi connectivity index (χ0) is 21.5. The molecule has 0 radical (unpaired) electrons. The number of nitrogens with zero attached hydrogens (tertiary/aromatic N) is 1. The highest BCUT2D eigenvalue weighted by atomic mass is 35.5. The van der Waals surface area contributed by atoms with E-state index < -0.39 is 5.91 Å². The van der Waals surface area contributed by atoms with E-state index in [-0.39, 0.29) is 5.57 Å². The Kier molecular flexibility index (Phi) is 6.99. The second kappa shape index (κ2) is 9.86. The average molecular weight is 424 g/mol. The van der Waals surface area contributed by atoms with Gasteiger partial charge in [0.1, 0.15) is 11.6 Å². The van der Waals surface area contributed by atoms with Crippen LogP contribution >= 0.6 is 11.6 Å². The number of benzene rings is 2. The summed E-state index contributed by atoms with van der Waals surface area (Å²) in [5.41, 5.74) is 2.72. The smallest absolute Gasteiger partial charge is 0.261 e. The molecule has 30 heavy (non-hydrogen) atoms. The minimum absolute atomic E-state index is 0.0161. The fraction of sp³-hybridized carbons (Fsp3) is 0.217. The van der Waals surface area contributed by atoms with Crippen LogP contribution in [0, 0.1) is 11.3 Å². The molecule has 0 aliphatic rings. The molecule has 0 aliphatic heterocycles. The summed E-state index contributed by atoms with van der Waals surface area (Å²) < 4.78 is 10.8. The van der Waals surface area contributed by atoms with Crippen molar-refractivity contribution in [2.24, 2.45) is 0 Å². The molecule has 7 heteroatoms. The summed E-state index contributed by atoms with van der Waals surface area (Å²) in [6, 6.07) is 13.2. The van der Waals surface area contributed by atoms with Crippen LogP contribution in [0.3, 0.4) is 0 Å². The third-order valence-electron chi connectivity index (χ3n) is 4.57. The molecule has 0 aliphatic carbocycles. The van der Waals surface area contributed by atoms with E-state index in [9.17, 15) is 10.1 Å². The normalized spacial score (nSPS) is 11.2. The van der Waals surface area contributed by atoms with Crippen LogP contribution in [0.5, 0.6) is 11.5 Å². The first kappa shape index (κ1) is 21.3. The first-order valence-corrected chi connectivity index (χ1v) is 9.90. The molecule has 0 saturated carbocycles. The van der Waals surface area contributed by atoms with Gasteiger partial charge < -0.3 is 19.8 Å². The molecule has 6 nitrogen and oxygen atoms in total. The fourth-order valence-corrected chi connectivity index (χ4v) is 3.49. The summed E-state index contributed by atoms with van der Waals surface area (Å²) >= 11 is 6.24. The van der Waals surface area contributed by atoms with Gasteiger partial charge in [0.25, 0.3) is 5.91 Å². The van der Waals surface area contributed by atoms with Gasteiger partial charge in [0.05, 0.1) is 18.7 Å². The Morgan fingerprint density at radius 2 is 2.13 bits per heavy atom. The number of hydrogen-bond acceptors (Lipinski definition) is 4. The Balaban J connectivity index is 1.71. The Morgan fingerprint density at radius 1 is 1.33 bits per heavy atom. The minimum atomic E-state index is -0.442. The van der Waals surface area contributed by atoms with Crippen LogP contribution < -0.4 is 14.8 Å². The van der Waals surface area contributed by atoms with Gasteiger partial charge in [-0.1, -0.05) is 29.8 Å². The van der Waals surface area contributed by atoms with Gasteiger partial charge in [-0.2, -0.15) is 5.26 Å². The molecule has 1 aromatic heterocycles. The Labute approximate surface area is 180 Å². The molecule has 3 rings (SSSR count). The van der Waals surface area contributed by atoms with Crippen molar-refractivity contribution >= 4 is 34.5 Å². The van der Waals surface area contributed by atoms with Gasteiger partial charge in [-0.3, -0.25) is 4.79 Å². The Morgan fingerprint density at radius 3 is 2.87 bits per heavy atom. The van der Waals surface area contributed by atoms with E-state index in [0.29, 0.717) is 41.7 Å². The van der Waals surface area contributed by atoms with Crippen LogP contribution in [-0.2, 0) is 11.2 Å². The van der Waals surface area contributed by atoms with Crippen LogP contribution in [0.15, 0.2) is 48.2 Å². The highest BCUT2D eigenvalue weighted by Crippen LogP contribution is 2.36. The van der Waals surface area contributed by atoms with Crippen LogP contribution in [0.2, 0.25) is 5.02 Å². The van der Waals surface area contributed by atoms with E-state index in [1.54, 1.807) is 12.1 Å². The van der Waals surface area contributed by atoms with Gasteiger partial charge in [0.15, 0.2) is 11.5 Å². The molecule has 1 heterocycles. The number of ether oxygens (including phenoxy) is 2. The van der Waals surface area contributed by atoms with E-state index in [4.69, 9.17) is 21.1 Å². The summed E-state index contributed by atoms with van der Waals surface area (Å²) in [6.07, 6.45) is 4.07. The predicted octanol–water partition coefficient (Wildman–Crippen LogP) is 4.49. The first-order valence-electron chi connectivity index (χ1n) is 9.52. The molecule has 0 atom stereocenters. The van der Waals surface area contributed by atoms with E-state index in [2.05, 4.69) is 10.3 Å². The van der Waals surface area contributed by atoms with Crippen LogP contribution in [-0.4, -0.2) is 31.2 Å². The summed E-state index contributed by atoms with van der Waals surface area (Å²) in [5.74, 6) is 0.426. The average Bonchev–Trinajstić information content (AvgIpc) is 3.15. The number of fused-ring (bicyclic) bond motifs is 1. The molecule has 3 aromatic rings. The van der Waals surface area contributed by atoms with E-state index >= 15 is 0 Å². The molecule has 0 unspecified atom stereocenters. The lowest BCUT2D eigenvalue weighted by Gasteiger charge is -2.12. The van der Waals surface area contributed by atoms with Crippen molar-refractivity contribution in [3.8, 4) is 17.6 Å². The third-order valence-corrected chi connectivity index (χ3v) is 4.85. The van der Waals surface area contributed by atoms with E-state index in [1.807, 2.05) is 43.5 Å². The number of methoxy groups -OCH3 is 1. The van der Waals surface area contributed by atoms with Crippen LogP contribution in [0.25, 0.3) is 17.0 Å². The third kappa shape index (κ3) is 4.76. The number of para-hydroxylation sites is 1. The summed E-state index contributed by atoms with van der Waals surface area (Å²) in [7, 11) is 1.50. The number of hydrogen-bond donors (Lipinski definition) is 2. The molecule has 0 fully saturated rings. The molecule has 154 valence electrons. The van der Waals surface area contributed by atoms with Crippen molar-refractivity contribution in [1.29, 1.82) is 5.26 Å². The second-order valence-electron chi connectivity index (χ2n) is 6.50. The largest absolute Gasteiger partial charge is 0.491 e. The van der Waals surface area contributed by atoms with Crippen LogP contribution in [0.4, 0.5) is 0 Å². The van der Waals surface area contributed by atoms with Gasteiger partial charge in [0, 0.05) is 23.6 Å². The molecule has 2 N–H and O–H groups in total. The minimum Gasteiger partial charge on any atom is -0.491 e. The molecule has 1 amide bonds. The van der Waals surface area contributed by atoms with Crippen molar-refractivity contribution in [2.45, 2.75) is 13.3 Å². The van der Waals surface area contributed by atoms with Gasteiger partial charge in [-0.15, -0.1) is 0 Å². The molecule has 2 aromatic carbocycles. The van der Waals surface area contributed by atoms with Crippen molar-refractivity contribution in [1.82, 2.24) is 10.3 Å². The number of rotatable bonds is 8. The summed E-state index contributed by atoms with van der Waals surface area (Å²) in [6.45, 7) is 2.68. The van der Waals surface area contributed by atoms with Crippen molar-refractivity contribution in [2.75, 3.05) is 20.3 Å². The lowest BCUT2D eigenvalue weighted by molar-refractivity contribution is -0.117. The van der Waals surface area contributed by atoms with Gasteiger partial charge in [0.2, 0.25) is 0 Å². The number of H-pyrrole nitrogens is 1. The zero-order valence-corrected chi connectivity index (χ0v) is 17.5. The SMILES string of the molecule is CCOc1cc(/C=C(/C#N)C(=O)NCCc2c[nH]c3ccccc23)cc(Cl)c1OC. The maximum absolute atomic E-state index is 12.5. The number of carbonyl (C=O) groups is 1. The lowest BCUT2D eigenvalue weighted by Crippen LogP contribution is -2.26.